The number of carbonyl (C=O) groups excluding carboxylic acids is 1. The zero-order valence-corrected chi connectivity index (χ0v) is 13.9. The van der Waals surface area contributed by atoms with Crippen molar-refractivity contribution in [2.24, 2.45) is 0 Å². The Kier molecular flexibility index (Phi) is 7.27. The van der Waals surface area contributed by atoms with Crippen LogP contribution in [0.2, 0.25) is 0 Å². The van der Waals surface area contributed by atoms with Gasteiger partial charge in [-0.1, -0.05) is 13.8 Å². The van der Waals surface area contributed by atoms with E-state index in [1.54, 1.807) is 12.1 Å². The fourth-order valence-corrected chi connectivity index (χ4v) is 2.20. The number of nitrogens with one attached hydrogen (secondary N) is 1. The Hall–Kier alpha value is -1.66. The molecule has 1 saturated heterocycles. The van der Waals surface area contributed by atoms with Crippen molar-refractivity contribution in [3.8, 4) is 0 Å². The SMILES string of the molecule is CC.COC(=O)c1ccc(NCC2(O)CCN(C)CC2)nc1. The average molecular weight is 309 g/mol. The number of methoxy groups -OCH3 is 1. The maximum absolute atomic E-state index is 11.3. The van der Waals surface area contributed by atoms with Crippen LogP contribution in [-0.2, 0) is 4.74 Å². The molecule has 1 aromatic rings. The molecule has 0 amide bonds. The first-order valence-corrected chi connectivity index (χ1v) is 7.72. The normalized spacial score (nSPS) is 17.1. The van der Waals surface area contributed by atoms with Crippen LogP contribution in [0.15, 0.2) is 18.3 Å². The van der Waals surface area contributed by atoms with Crippen LogP contribution in [0, 0.1) is 0 Å². The summed E-state index contributed by atoms with van der Waals surface area (Å²) in [5.41, 5.74) is -0.272. The fourth-order valence-electron chi connectivity index (χ4n) is 2.20. The first kappa shape index (κ1) is 18.4. The Morgan fingerprint density at radius 2 is 2.05 bits per heavy atom. The molecular formula is C16H27N3O3. The van der Waals surface area contributed by atoms with Gasteiger partial charge in [-0.3, -0.25) is 0 Å². The van der Waals surface area contributed by atoms with Gasteiger partial charge in [-0.15, -0.1) is 0 Å². The van der Waals surface area contributed by atoms with Gasteiger partial charge >= 0.3 is 5.97 Å². The molecular weight excluding hydrogens is 282 g/mol. The van der Waals surface area contributed by atoms with E-state index in [0.717, 1.165) is 25.9 Å². The van der Waals surface area contributed by atoms with E-state index in [9.17, 15) is 9.90 Å². The number of pyridine rings is 1. The fraction of sp³-hybridized carbons (Fsp3) is 0.625. The topological polar surface area (TPSA) is 74.7 Å². The van der Waals surface area contributed by atoms with Gasteiger partial charge < -0.3 is 20.1 Å². The highest BCUT2D eigenvalue weighted by Crippen LogP contribution is 2.21. The van der Waals surface area contributed by atoms with Crippen LogP contribution in [0.4, 0.5) is 5.82 Å². The number of likely N-dealkylation sites (tertiary alicyclic amines) is 1. The molecule has 0 bridgehead atoms. The molecule has 1 fully saturated rings. The summed E-state index contributed by atoms with van der Waals surface area (Å²) < 4.78 is 4.61. The number of aliphatic hydroxyl groups is 1. The van der Waals surface area contributed by atoms with Gasteiger partial charge in [0.2, 0.25) is 0 Å². The van der Waals surface area contributed by atoms with Crippen LogP contribution >= 0.6 is 0 Å². The minimum absolute atomic E-state index is 0.405. The monoisotopic (exact) mass is 309 g/mol. The first-order valence-electron chi connectivity index (χ1n) is 7.72. The smallest absolute Gasteiger partial charge is 0.339 e. The number of esters is 1. The van der Waals surface area contributed by atoms with Gasteiger partial charge in [0, 0.05) is 25.8 Å². The van der Waals surface area contributed by atoms with Crippen molar-refractivity contribution in [3.63, 3.8) is 0 Å². The van der Waals surface area contributed by atoms with Crippen LogP contribution in [0.3, 0.4) is 0 Å². The maximum atomic E-state index is 11.3. The molecule has 0 aromatic carbocycles. The number of piperidine rings is 1. The summed E-state index contributed by atoms with van der Waals surface area (Å²) in [4.78, 5) is 17.6. The Morgan fingerprint density at radius 1 is 1.41 bits per heavy atom. The lowest BCUT2D eigenvalue weighted by molar-refractivity contribution is -0.00409. The molecule has 1 aromatic heterocycles. The molecule has 0 unspecified atom stereocenters. The zero-order valence-electron chi connectivity index (χ0n) is 13.9. The summed E-state index contributed by atoms with van der Waals surface area (Å²) in [7, 11) is 3.39. The number of nitrogens with zero attached hydrogens (tertiary/aromatic N) is 2. The van der Waals surface area contributed by atoms with Crippen LogP contribution in [0.1, 0.15) is 37.0 Å². The van der Waals surface area contributed by atoms with E-state index in [0.29, 0.717) is 17.9 Å². The van der Waals surface area contributed by atoms with Crippen molar-refractivity contribution in [1.29, 1.82) is 0 Å². The molecule has 0 aliphatic carbocycles. The number of carbonyl (C=O) groups is 1. The van der Waals surface area contributed by atoms with Crippen molar-refractivity contribution >= 4 is 11.8 Å². The number of hydrogen-bond donors (Lipinski definition) is 2. The minimum Gasteiger partial charge on any atom is -0.465 e. The van der Waals surface area contributed by atoms with E-state index >= 15 is 0 Å². The number of aromatic nitrogens is 1. The molecule has 124 valence electrons. The van der Waals surface area contributed by atoms with Gasteiger partial charge in [0.1, 0.15) is 5.82 Å². The molecule has 0 spiro atoms. The van der Waals surface area contributed by atoms with E-state index in [2.05, 4.69) is 27.0 Å². The van der Waals surface area contributed by atoms with Crippen LogP contribution in [0.25, 0.3) is 0 Å². The van der Waals surface area contributed by atoms with E-state index < -0.39 is 11.6 Å². The number of hydrogen-bond acceptors (Lipinski definition) is 6. The van der Waals surface area contributed by atoms with Gasteiger partial charge in [0.05, 0.1) is 18.3 Å². The number of rotatable bonds is 4. The summed E-state index contributed by atoms with van der Waals surface area (Å²) in [6.07, 6.45) is 2.96. The van der Waals surface area contributed by atoms with E-state index in [1.807, 2.05) is 13.8 Å². The van der Waals surface area contributed by atoms with Crippen LogP contribution < -0.4 is 5.32 Å². The summed E-state index contributed by atoms with van der Waals surface area (Å²) in [6.45, 7) is 6.26. The maximum Gasteiger partial charge on any atom is 0.339 e. The Balaban J connectivity index is 0.00000116. The highest BCUT2D eigenvalue weighted by Gasteiger charge is 2.30. The van der Waals surface area contributed by atoms with Gasteiger partial charge in [-0.05, 0) is 32.0 Å². The quantitative estimate of drug-likeness (QED) is 0.826. The summed E-state index contributed by atoms with van der Waals surface area (Å²) in [6, 6.07) is 3.37. The summed E-state index contributed by atoms with van der Waals surface area (Å²) >= 11 is 0. The highest BCUT2D eigenvalue weighted by atomic mass is 16.5. The predicted octanol–water partition coefficient (Wildman–Crippen LogP) is 1.76. The molecule has 2 rings (SSSR count). The van der Waals surface area contributed by atoms with Crippen molar-refractivity contribution in [3.05, 3.63) is 23.9 Å². The zero-order chi connectivity index (χ0) is 16.6. The summed E-state index contributed by atoms with van der Waals surface area (Å²) in [5, 5.41) is 13.6. The lowest BCUT2D eigenvalue weighted by atomic mass is 9.91. The molecule has 0 radical (unpaired) electrons. The lowest BCUT2D eigenvalue weighted by Gasteiger charge is -2.36. The molecule has 1 aliphatic heterocycles. The van der Waals surface area contributed by atoms with Crippen molar-refractivity contribution < 1.29 is 14.6 Å². The molecule has 1 aliphatic rings. The second-order valence-corrected chi connectivity index (χ2v) is 5.30. The Labute approximate surface area is 132 Å². The van der Waals surface area contributed by atoms with E-state index in [4.69, 9.17) is 0 Å². The standard InChI is InChI=1S/C14H21N3O3.C2H6/c1-17-7-5-14(19,6-8-17)10-16-12-4-3-11(9-15-12)13(18)20-2;1-2/h3-4,9,19H,5-8,10H2,1-2H3,(H,15,16);1-2H3. The van der Waals surface area contributed by atoms with Crippen molar-refractivity contribution in [1.82, 2.24) is 9.88 Å². The third-order valence-electron chi connectivity index (χ3n) is 3.70. The highest BCUT2D eigenvalue weighted by molar-refractivity contribution is 5.89. The van der Waals surface area contributed by atoms with Crippen molar-refractivity contribution in [2.45, 2.75) is 32.3 Å². The van der Waals surface area contributed by atoms with Gasteiger partial charge in [-0.25, -0.2) is 9.78 Å². The molecule has 0 atom stereocenters. The number of anilines is 1. The lowest BCUT2D eigenvalue weighted by Crippen LogP contribution is -2.47. The van der Waals surface area contributed by atoms with E-state index in [1.165, 1.54) is 13.3 Å². The average Bonchev–Trinajstić information content (AvgIpc) is 2.58. The summed E-state index contributed by atoms with van der Waals surface area (Å²) in [5.74, 6) is 0.239. The van der Waals surface area contributed by atoms with Gasteiger partial charge in [0.15, 0.2) is 0 Å². The Bertz CT molecular complexity index is 454. The molecule has 2 N–H and O–H groups in total. The molecule has 0 saturated carbocycles. The predicted molar refractivity (Wildman–Crippen MR) is 87.1 cm³/mol. The molecule has 6 heteroatoms. The second-order valence-electron chi connectivity index (χ2n) is 5.30. The molecule has 22 heavy (non-hydrogen) atoms. The molecule has 6 nitrogen and oxygen atoms in total. The number of ether oxygens (including phenoxy) is 1. The third-order valence-corrected chi connectivity index (χ3v) is 3.70. The van der Waals surface area contributed by atoms with Crippen LogP contribution in [-0.4, -0.2) is 60.4 Å². The van der Waals surface area contributed by atoms with Crippen LogP contribution in [0.5, 0.6) is 0 Å². The second kappa shape index (κ2) is 8.70. The third kappa shape index (κ3) is 5.27. The van der Waals surface area contributed by atoms with Gasteiger partial charge in [-0.2, -0.15) is 0 Å². The van der Waals surface area contributed by atoms with E-state index in [-0.39, 0.29) is 0 Å². The van der Waals surface area contributed by atoms with Gasteiger partial charge in [0.25, 0.3) is 0 Å². The first-order chi connectivity index (χ1) is 10.5. The largest absolute Gasteiger partial charge is 0.465 e. The Morgan fingerprint density at radius 3 is 2.55 bits per heavy atom. The molecule has 2 heterocycles. The minimum atomic E-state index is -0.685. The van der Waals surface area contributed by atoms with Crippen molar-refractivity contribution in [2.75, 3.05) is 39.1 Å².